The molecule has 0 spiro atoms. The van der Waals surface area contributed by atoms with Crippen molar-refractivity contribution in [3.63, 3.8) is 0 Å². The van der Waals surface area contributed by atoms with Crippen molar-refractivity contribution >= 4 is 17.8 Å². The Morgan fingerprint density at radius 3 is 2.36 bits per heavy atom. The van der Waals surface area contributed by atoms with Crippen LogP contribution in [0.25, 0.3) is 11.1 Å². The number of rotatable bonds is 10. The van der Waals surface area contributed by atoms with Gasteiger partial charge in [0.25, 0.3) is 5.91 Å². The zero-order valence-electron chi connectivity index (χ0n) is 23.5. The number of nitrogens with one attached hydrogen (secondary N) is 2. The van der Waals surface area contributed by atoms with Crippen molar-refractivity contribution in [2.45, 2.75) is 32.1 Å². The summed E-state index contributed by atoms with van der Waals surface area (Å²) < 4.78 is 44.9. The first-order chi connectivity index (χ1) is 21.0. The molecular formula is C32H28F3N3O6. The highest BCUT2D eigenvalue weighted by Gasteiger charge is 2.43. The number of hydrogen-bond donors (Lipinski definition) is 2. The Bertz CT molecular complexity index is 1690. The average molecular weight is 608 g/mol. The number of nitrogens with zero attached hydrogens (tertiary/aromatic N) is 1. The summed E-state index contributed by atoms with van der Waals surface area (Å²) in [5.74, 6) is -4.20. The van der Waals surface area contributed by atoms with Gasteiger partial charge in [0.15, 0.2) is 0 Å². The normalized spacial score (nSPS) is 11.7. The summed E-state index contributed by atoms with van der Waals surface area (Å²) in [5.41, 5.74) is 3.62. The van der Waals surface area contributed by atoms with Gasteiger partial charge in [-0.1, -0.05) is 60.7 Å². The van der Waals surface area contributed by atoms with Gasteiger partial charge in [-0.15, -0.1) is 0 Å². The molecule has 0 aliphatic heterocycles. The molecule has 0 fully saturated rings. The minimum atomic E-state index is -5.35. The van der Waals surface area contributed by atoms with Crippen LogP contribution in [0.3, 0.4) is 0 Å². The Morgan fingerprint density at radius 1 is 0.909 bits per heavy atom. The number of pyridine rings is 1. The van der Waals surface area contributed by atoms with Gasteiger partial charge >= 0.3 is 18.1 Å². The summed E-state index contributed by atoms with van der Waals surface area (Å²) in [6.45, 7) is 2.47. The molecule has 228 valence electrons. The van der Waals surface area contributed by atoms with Gasteiger partial charge in [-0.3, -0.25) is 10.2 Å². The Morgan fingerprint density at radius 2 is 1.66 bits per heavy atom. The van der Waals surface area contributed by atoms with Crippen molar-refractivity contribution in [3.05, 3.63) is 119 Å². The average Bonchev–Trinajstić information content (AvgIpc) is 3.00. The lowest BCUT2D eigenvalue weighted by atomic mass is 9.94. The molecule has 0 aliphatic rings. The predicted molar refractivity (Wildman–Crippen MR) is 152 cm³/mol. The number of alkyl halides is 3. The molecule has 1 unspecified atom stereocenters. The van der Waals surface area contributed by atoms with Gasteiger partial charge in [0, 0.05) is 11.8 Å². The summed E-state index contributed by atoms with van der Waals surface area (Å²) in [5, 5.41) is 10.6. The molecule has 0 bridgehead atoms. The quantitative estimate of drug-likeness (QED) is 0.183. The maximum absolute atomic E-state index is 13.3. The molecule has 1 atom stereocenters. The second-order valence-corrected chi connectivity index (χ2v) is 9.65. The van der Waals surface area contributed by atoms with E-state index in [0.717, 1.165) is 16.7 Å². The van der Waals surface area contributed by atoms with Crippen molar-refractivity contribution < 1.29 is 42.1 Å². The number of aromatic nitrogens is 1. The van der Waals surface area contributed by atoms with E-state index in [0.29, 0.717) is 23.3 Å². The third-order valence-electron chi connectivity index (χ3n) is 6.49. The van der Waals surface area contributed by atoms with Crippen LogP contribution in [-0.2, 0) is 25.9 Å². The molecule has 3 aromatic carbocycles. The number of benzene rings is 3. The summed E-state index contributed by atoms with van der Waals surface area (Å²) in [4.78, 5) is 44.4. The molecule has 1 amide bonds. The van der Waals surface area contributed by atoms with Crippen LogP contribution >= 0.6 is 0 Å². The third kappa shape index (κ3) is 8.57. The summed E-state index contributed by atoms with van der Waals surface area (Å²) >= 11 is 0. The first kappa shape index (κ1) is 31.5. The van der Waals surface area contributed by atoms with Crippen molar-refractivity contribution in [1.82, 2.24) is 9.88 Å². The minimum absolute atomic E-state index is 0.190. The van der Waals surface area contributed by atoms with E-state index in [9.17, 15) is 27.6 Å². The van der Waals surface area contributed by atoms with Crippen LogP contribution in [0, 0.1) is 12.3 Å². The summed E-state index contributed by atoms with van der Waals surface area (Å²) in [6, 6.07) is 25.1. The number of hydrogen-bond acceptors (Lipinski definition) is 7. The second-order valence-electron chi connectivity index (χ2n) is 9.65. The molecule has 1 aromatic heterocycles. The van der Waals surface area contributed by atoms with E-state index in [-0.39, 0.29) is 12.2 Å². The van der Waals surface area contributed by atoms with Gasteiger partial charge in [0.1, 0.15) is 17.8 Å². The van der Waals surface area contributed by atoms with Gasteiger partial charge in [-0.05, 0) is 59.5 Å². The van der Waals surface area contributed by atoms with E-state index >= 15 is 0 Å². The Hall–Kier alpha value is -5.39. The SMILES string of the molecule is Cc1cc(C(CC(=O)OOC(=O)C(F)(F)F)NC(=O)c2cccc(OCCn3ccccc3=N)c2)ccc1-c1ccccc1. The molecule has 0 saturated carbocycles. The number of amides is 1. The van der Waals surface area contributed by atoms with Crippen LogP contribution < -0.4 is 15.5 Å². The van der Waals surface area contributed by atoms with Crippen LogP contribution in [-0.4, -0.2) is 35.2 Å². The topological polar surface area (TPSA) is 120 Å². The van der Waals surface area contributed by atoms with E-state index < -0.39 is 36.5 Å². The minimum Gasteiger partial charge on any atom is -0.492 e. The van der Waals surface area contributed by atoms with Gasteiger partial charge < -0.3 is 14.6 Å². The number of aryl methyl sites for hydroxylation is 1. The Balaban J connectivity index is 1.50. The fourth-order valence-corrected chi connectivity index (χ4v) is 4.33. The van der Waals surface area contributed by atoms with Crippen LogP contribution in [0.5, 0.6) is 5.75 Å². The van der Waals surface area contributed by atoms with Crippen molar-refractivity contribution in [2.75, 3.05) is 6.61 Å². The maximum atomic E-state index is 13.3. The fraction of sp³-hybridized carbons (Fsp3) is 0.188. The van der Waals surface area contributed by atoms with Crippen LogP contribution in [0.1, 0.15) is 33.9 Å². The Kier molecular flexibility index (Phi) is 10.2. The molecule has 1 heterocycles. The van der Waals surface area contributed by atoms with Crippen LogP contribution in [0.2, 0.25) is 0 Å². The molecule has 12 heteroatoms. The van der Waals surface area contributed by atoms with Gasteiger partial charge in [-0.25, -0.2) is 19.4 Å². The van der Waals surface area contributed by atoms with E-state index in [4.69, 9.17) is 10.1 Å². The lowest BCUT2D eigenvalue weighted by Crippen LogP contribution is -2.32. The molecule has 44 heavy (non-hydrogen) atoms. The highest BCUT2D eigenvalue weighted by Crippen LogP contribution is 2.28. The zero-order valence-corrected chi connectivity index (χ0v) is 23.5. The maximum Gasteiger partial charge on any atom is 0.495 e. The molecule has 2 N–H and O–H groups in total. The molecular weight excluding hydrogens is 579 g/mol. The number of ether oxygens (including phenoxy) is 1. The summed E-state index contributed by atoms with van der Waals surface area (Å²) in [6.07, 6.45) is -4.24. The molecule has 4 rings (SSSR count). The van der Waals surface area contributed by atoms with E-state index in [1.807, 2.05) is 37.3 Å². The third-order valence-corrected chi connectivity index (χ3v) is 6.49. The van der Waals surface area contributed by atoms with Gasteiger partial charge in [0.2, 0.25) is 0 Å². The fourth-order valence-electron chi connectivity index (χ4n) is 4.33. The Labute approximate surface area is 250 Å². The number of carbonyl (C=O) groups excluding carboxylic acids is 3. The predicted octanol–water partition coefficient (Wildman–Crippen LogP) is 5.45. The van der Waals surface area contributed by atoms with E-state index in [1.54, 1.807) is 59.3 Å². The lowest BCUT2D eigenvalue weighted by molar-refractivity contribution is -0.286. The molecule has 4 aromatic rings. The summed E-state index contributed by atoms with van der Waals surface area (Å²) in [7, 11) is 0. The van der Waals surface area contributed by atoms with Crippen molar-refractivity contribution in [1.29, 1.82) is 5.41 Å². The van der Waals surface area contributed by atoms with E-state index in [1.165, 1.54) is 12.1 Å². The highest BCUT2D eigenvalue weighted by molar-refractivity contribution is 5.95. The van der Waals surface area contributed by atoms with Crippen LogP contribution in [0.4, 0.5) is 13.2 Å². The molecule has 0 radical (unpaired) electrons. The lowest BCUT2D eigenvalue weighted by Gasteiger charge is -2.20. The monoisotopic (exact) mass is 607 g/mol. The highest BCUT2D eigenvalue weighted by atomic mass is 19.4. The van der Waals surface area contributed by atoms with Crippen molar-refractivity contribution in [3.8, 4) is 16.9 Å². The zero-order chi connectivity index (χ0) is 31.7. The second kappa shape index (κ2) is 14.2. The standard InChI is InChI=1S/C32H28F3N3O6/c1-21-18-23(13-14-26(21)22-8-3-2-4-9-22)27(20-29(39)43-44-31(41)32(33,34)35)37-30(40)24-10-7-11-25(19-24)42-17-16-38-15-6-5-12-28(38)36/h2-15,18-19,27,36H,16-17,20H2,1H3,(H,37,40). The molecule has 0 saturated heterocycles. The van der Waals surface area contributed by atoms with Crippen molar-refractivity contribution in [2.24, 2.45) is 0 Å². The van der Waals surface area contributed by atoms with Gasteiger partial charge in [-0.2, -0.15) is 13.2 Å². The largest absolute Gasteiger partial charge is 0.495 e. The smallest absolute Gasteiger partial charge is 0.492 e. The first-order valence-corrected chi connectivity index (χ1v) is 13.4. The molecule has 9 nitrogen and oxygen atoms in total. The number of halogens is 3. The van der Waals surface area contributed by atoms with Gasteiger partial charge in [0.05, 0.1) is 19.0 Å². The van der Waals surface area contributed by atoms with Crippen LogP contribution in [0.15, 0.2) is 97.2 Å². The first-order valence-electron chi connectivity index (χ1n) is 13.4. The molecule has 0 aliphatic carbocycles. The van der Waals surface area contributed by atoms with E-state index in [2.05, 4.69) is 15.1 Å². The number of carbonyl (C=O) groups is 3.